The predicted molar refractivity (Wildman–Crippen MR) is 30.8 cm³/mol. The zero-order valence-electron chi connectivity index (χ0n) is 5.39. The number of hydrogen-bond acceptors (Lipinski definition) is 3. The molecule has 0 radical (unpaired) electrons. The molecule has 0 aromatic carbocycles. The van der Waals surface area contributed by atoms with E-state index in [1.54, 1.807) is 0 Å². The first kappa shape index (κ1) is 6.53. The summed E-state index contributed by atoms with van der Waals surface area (Å²) in [5.41, 5.74) is -0.639. The highest BCUT2D eigenvalue weighted by Gasteiger charge is 2.34. The summed E-state index contributed by atoms with van der Waals surface area (Å²) in [4.78, 5) is 0. The van der Waals surface area contributed by atoms with Crippen LogP contribution in [0.4, 0.5) is 0 Å². The van der Waals surface area contributed by atoms with Crippen molar-refractivity contribution >= 4 is 0 Å². The molecule has 1 unspecified atom stereocenters. The fourth-order valence-electron chi connectivity index (χ4n) is 0.841. The van der Waals surface area contributed by atoms with Crippen LogP contribution in [0.15, 0.2) is 0 Å². The van der Waals surface area contributed by atoms with Gasteiger partial charge in [-0.3, -0.25) is 0 Å². The molecule has 0 amide bonds. The van der Waals surface area contributed by atoms with E-state index in [4.69, 9.17) is 14.7 Å². The molecule has 0 aliphatic carbocycles. The van der Waals surface area contributed by atoms with Crippen LogP contribution in [0.1, 0.15) is 6.42 Å². The summed E-state index contributed by atoms with van der Waals surface area (Å²) in [6.45, 7) is 1.06. The second-order valence-corrected chi connectivity index (χ2v) is 2.11. The third-order valence-electron chi connectivity index (χ3n) is 1.58. The van der Waals surface area contributed by atoms with Crippen LogP contribution in [0, 0.1) is 11.3 Å². The zero-order chi connectivity index (χ0) is 6.74. The van der Waals surface area contributed by atoms with Gasteiger partial charge in [0.1, 0.15) is 6.07 Å². The van der Waals surface area contributed by atoms with Crippen LogP contribution in [-0.2, 0) is 9.47 Å². The van der Waals surface area contributed by atoms with Crippen LogP contribution in [-0.4, -0.2) is 25.9 Å². The van der Waals surface area contributed by atoms with Gasteiger partial charge in [0.2, 0.25) is 0 Å². The number of rotatable bonds is 1. The smallest absolute Gasteiger partial charge is 0.179 e. The molecule has 1 aliphatic rings. The van der Waals surface area contributed by atoms with Gasteiger partial charge in [-0.05, 0) is 0 Å². The van der Waals surface area contributed by atoms with Crippen molar-refractivity contribution in [1.82, 2.24) is 0 Å². The Kier molecular flexibility index (Phi) is 1.70. The van der Waals surface area contributed by atoms with Crippen LogP contribution in [0.25, 0.3) is 0 Å². The maximum absolute atomic E-state index is 8.56. The number of methoxy groups -OCH3 is 1. The van der Waals surface area contributed by atoms with Gasteiger partial charge in [0.25, 0.3) is 0 Å². The second-order valence-electron chi connectivity index (χ2n) is 2.11. The van der Waals surface area contributed by atoms with Gasteiger partial charge in [-0.15, -0.1) is 0 Å². The summed E-state index contributed by atoms with van der Waals surface area (Å²) < 4.78 is 9.96. The molecule has 1 atom stereocenters. The van der Waals surface area contributed by atoms with E-state index >= 15 is 0 Å². The molecule has 0 bridgehead atoms. The van der Waals surface area contributed by atoms with Crippen molar-refractivity contribution in [2.75, 3.05) is 20.3 Å². The largest absolute Gasteiger partial charge is 0.377 e. The highest BCUT2D eigenvalue weighted by Crippen LogP contribution is 2.20. The van der Waals surface area contributed by atoms with Crippen LogP contribution in [0.5, 0.6) is 0 Å². The minimum atomic E-state index is -0.639. The van der Waals surface area contributed by atoms with E-state index in [0.29, 0.717) is 19.6 Å². The summed E-state index contributed by atoms with van der Waals surface area (Å²) in [5.74, 6) is 0. The molecule has 3 nitrogen and oxygen atoms in total. The maximum Gasteiger partial charge on any atom is 0.179 e. The number of hydrogen-bond donors (Lipinski definition) is 0. The van der Waals surface area contributed by atoms with Crippen molar-refractivity contribution in [3.8, 4) is 6.07 Å². The highest BCUT2D eigenvalue weighted by molar-refractivity contribution is 5.04. The lowest BCUT2D eigenvalue weighted by atomic mass is 10.1. The van der Waals surface area contributed by atoms with Crippen LogP contribution in [0.3, 0.4) is 0 Å². The number of ether oxygens (including phenoxy) is 2. The van der Waals surface area contributed by atoms with E-state index in [9.17, 15) is 0 Å². The average Bonchev–Trinajstić information content (AvgIpc) is 2.36. The van der Waals surface area contributed by atoms with Crippen molar-refractivity contribution in [2.45, 2.75) is 12.0 Å². The van der Waals surface area contributed by atoms with E-state index in [-0.39, 0.29) is 0 Å². The Bertz CT molecular complexity index is 132. The predicted octanol–water partition coefficient (Wildman–Crippen LogP) is 0.315. The van der Waals surface area contributed by atoms with E-state index in [1.807, 2.05) is 0 Å². The first-order valence-corrected chi connectivity index (χ1v) is 2.87. The Balaban J connectivity index is 2.59. The molecular formula is C6H9NO2. The van der Waals surface area contributed by atoms with Crippen molar-refractivity contribution < 1.29 is 9.47 Å². The molecule has 0 spiro atoms. The normalized spacial score (nSPS) is 34.2. The van der Waals surface area contributed by atoms with Crippen LogP contribution >= 0.6 is 0 Å². The van der Waals surface area contributed by atoms with E-state index < -0.39 is 5.60 Å². The van der Waals surface area contributed by atoms with E-state index in [0.717, 1.165) is 0 Å². The van der Waals surface area contributed by atoms with Gasteiger partial charge in [0.05, 0.1) is 13.2 Å². The van der Waals surface area contributed by atoms with Crippen molar-refractivity contribution in [3.05, 3.63) is 0 Å². The number of nitrogens with zero attached hydrogens (tertiary/aromatic N) is 1. The van der Waals surface area contributed by atoms with Gasteiger partial charge < -0.3 is 9.47 Å². The first-order chi connectivity index (χ1) is 4.33. The Morgan fingerprint density at radius 2 is 2.56 bits per heavy atom. The van der Waals surface area contributed by atoms with E-state index in [1.165, 1.54) is 7.11 Å². The zero-order valence-corrected chi connectivity index (χ0v) is 5.39. The van der Waals surface area contributed by atoms with Gasteiger partial charge in [-0.25, -0.2) is 0 Å². The minimum Gasteiger partial charge on any atom is -0.377 e. The first-order valence-electron chi connectivity index (χ1n) is 2.87. The molecule has 1 saturated heterocycles. The Labute approximate surface area is 54.2 Å². The summed E-state index contributed by atoms with van der Waals surface area (Å²) in [7, 11) is 1.54. The molecule has 1 rings (SSSR count). The fourth-order valence-corrected chi connectivity index (χ4v) is 0.841. The number of nitriles is 1. The Morgan fingerprint density at radius 1 is 1.78 bits per heavy atom. The molecule has 3 heteroatoms. The third kappa shape index (κ3) is 1.04. The Hall–Kier alpha value is -0.590. The molecule has 0 saturated carbocycles. The lowest BCUT2D eigenvalue weighted by Gasteiger charge is -2.14. The summed E-state index contributed by atoms with van der Waals surface area (Å²) >= 11 is 0. The van der Waals surface area contributed by atoms with Gasteiger partial charge in [-0.1, -0.05) is 0 Å². The molecule has 0 aromatic heterocycles. The molecule has 0 aromatic rings. The quantitative estimate of drug-likeness (QED) is 0.509. The summed E-state index contributed by atoms with van der Waals surface area (Å²) in [5, 5.41) is 8.56. The molecule has 1 fully saturated rings. The summed E-state index contributed by atoms with van der Waals surface area (Å²) in [6, 6.07) is 2.08. The van der Waals surface area contributed by atoms with E-state index in [2.05, 4.69) is 6.07 Å². The molecule has 9 heavy (non-hydrogen) atoms. The minimum absolute atomic E-state index is 0.417. The van der Waals surface area contributed by atoms with Crippen LogP contribution in [0.2, 0.25) is 0 Å². The molecule has 0 N–H and O–H groups in total. The lowest BCUT2D eigenvalue weighted by molar-refractivity contribution is 0.0279. The molecule has 1 heterocycles. The SMILES string of the molecule is COC1(C#N)CCOC1. The average molecular weight is 127 g/mol. The van der Waals surface area contributed by atoms with Gasteiger partial charge in [0.15, 0.2) is 5.60 Å². The maximum atomic E-state index is 8.56. The second kappa shape index (κ2) is 2.34. The highest BCUT2D eigenvalue weighted by atomic mass is 16.5. The van der Waals surface area contributed by atoms with Crippen molar-refractivity contribution in [2.24, 2.45) is 0 Å². The van der Waals surface area contributed by atoms with Crippen molar-refractivity contribution in [3.63, 3.8) is 0 Å². The standard InChI is InChI=1S/C6H9NO2/c1-8-6(4-7)2-3-9-5-6/h2-3,5H2,1H3. The van der Waals surface area contributed by atoms with Gasteiger partial charge in [0, 0.05) is 13.5 Å². The lowest BCUT2D eigenvalue weighted by Crippen LogP contribution is -2.29. The third-order valence-corrected chi connectivity index (χ3v) is 1.58. The van der Waals surface area contributed by atoms with Gasteiger partial charge >= 0.3 is 0 Å². The Morgan fingerprint density at radius 3 is 2.78 bits per heavy atom. The van der Waals surface area contributed by atoms with Crippen molar-refractivity contribution in [1.29, 1.82) is 5.26 Å². The fraction of sp³-hybridized carbons (Fsp3) is 0.833. The molecular weight excluding hydrogens is 118 g/mol. The monoisotopic (exact) mass is 127 g/mol. The van der Waals surface area contributed by atoms with Gasteiger partial charge in [-0.2, -0.15) is 5.26 Å². The summed E-state index contributed by atoms with van der Waals surface area (Å²) in [6.07, 6.45) is 0.694. The molecule has 50 valence electrons. The van der Waals surface area contributed by atoms with Crippen LogP contribution < -0.4 is 0 Å². The topological polar surface area (TPSA) is 42.2 Å². The molecule has 1 aliphatic heterocycles.